The summed E-state index contributed by atoms with van der Waals surface area (Å²) in [4.78, 5) is 11.5. The van der Waals surface area contributed by atoms with E-state index >= 15 is 0 Å². The van der Waals surface area contributed by atoms with Crippen LogP contribution in [0.3, 0.4) is 0 Å². The third kappa shape index (κ3) is 4.35. The van der Waals surface area contributed by atoms with Gasteiger partial charge in [-0.05, 0) is 31.7 Å². The zero-order chi connectivity index (χ0) is 13.7. The maximum Gasteiger partial charge on any atom is 0.234 e. The van der Waals surface area contributed by atoms with Gasteiger partial charge in [-0.3, -0.25) is 9.48 Å². The van der Waals surface area contributed by atoms with Crippen molar-refractivity contribution in [1.82, 2.24) is 20.4 Å². The fourth-order valence-electron chi connectivity index (χ4n) is 2.15. The van der Waals surface area contributed by atoms with Gasteiger partial charge >= 0.3 is 0 Å². The minimum Gasteiger partial charge on any atom is -0.352 e. The Labute approximate surface area is 114 Å². The molecule has 1 aliphatic rings. The summed E-state index contributed by atoms with van der Waals surface area (Å²) in [6, 6.07) is 2.93. The second-order valence-corrected chi connectivity index (χ2v) is 5.20. The Bertz CT molecular complexity index is 407. The second-order valence-electron chi connectivity index (χ2n) is 5.20. The highest BCUT2D eigenvalue weighted by molar-refractivity contribution is 5.78. The summed E-state index contributed by atoms with van der Waals surface area (Å²) in [7, 11) is 0. The highest BCUT2D eigenvalue weighted by Crippen LogP contribution is 2.18. The molecule has 1 aromatic heterocycles. The number of nitrogens with one attached hydrogen (secondary N) is 2. The number of rotatable bonds is 8. The summed E-state index contributed by atoms with van der Waals surface area (Å²) in [5, 5.41) is 10.6. The summed E-state index contributed by atoms with van der Waals surface area (Å²) in [6.45, 7) is 5.37. The van der Waals surface area contributed by atoms with Crippen LogP contribution in [0.1, 0.15) is 51.3 Å². The van der Waals surface area contributed by atoms with E-state index in [0.29, 0.717) is 25.2 Å². The largest absolute Gasteiger partial charge is 0.352 e. The number of hydrogen-bond acceptors (Lipinski definition) is 3. The van der Waals surface area contributed by atoms with Gasteiger partial charge in [0.2, 0.25) is 5.91 Å². The van der Waals surface area contributed by atoms with E-state index in [-0.39, 0.29) is 5.91 Å². The standard InChI is InChI=1S/C14H24N4O/c1-3-13(4-2)18-8-7-12(17-18)9-15-10-14(19)16-11-5-6-11/h7-8,11,13,15H,3-6,9-10H2,1-2H3,(H,16,19). The molecule has 0 saturated heterocycles. The van der Waals surface area contributed by atoms with Crippen LogP contribution in [0.2, 0.25) is 0 Å². The molecule has 2 rings (SSSR count). The van der Waals surface area contributed by atoms with E-state index in [1.54, 1.807) is 0 Å². The van der Waals surface area contributed by atoms with Crippen LogP contribution in [0.15, 0.2) is 12.3 Å². The molecular weight excluding hydrogens is 240 g/mol. The van der Waals surface area contributed by atoms with E-state index in [4.69, 9.17) is 0 Å². The fraction of sp³-hybridized carbons (Fsp3) is 0.714. The van der Waals surface area contributed by atoms with Gasteiger partial charge in [0.05, 0.1) is 18.3 Å². The van der Waals surface area contributed by atoms with Crippen LogP contribution in [0, 0.1) is 0 Å². The van der Waals surface area contributed by atoms with Crippen LogP contribution in [-0.2, 0) is 11.3 Å². The van der Waals surface area contributed by atoms with Crippen molar-refractivity contribution in [2.45, 2.75) is 58.2 Å². The fourth-order valence-corrected chi connectivity index (χ4v) is 2.15. The van der Waals surface area contributed by atoms with Gasteiger partial charge < -0.3 is 10.6 Å². The number of carbonyl (C=O) groups is 1. The second kappa shape index (κ2) is 6.70. The zero-order valence-electron chi connectivity index (χ0n) is 11.9. The minimum atomic E-state index is 0.0851. The van der Waals surface area contributed by atoms with Crippen molar-refractivity contribution in [2.75, 3.05) is 6.54 Å². The van der Waals surface area contributed by atoms with Gasteiger partial charge in [0.15, 0.2) is 0 Å². The molecule has 106 valence electrons. The van der Waals surface area contributed by atoms with Gasteiger partial charge in [-0.2, -0.15) is 5.10 Å². The van der Waals surface area contributed by atoms with E-state index in [1.165, 1.54) is 0 Å². The summed E-state index contributed by atoms with van der Waals surface area (Å²) in [6.07, 6.45) is 6.47. The summed E-state index contributed by atoms with van der Waals surface area (Å²) in [5.74, 6) is 0.0851. The lowest BCUT2D eigenvalue weighted by atomic mass is 10.2. The summed E-state index contributed by atoms with van der Waals surface area (Å²) >= 11 is 0. The molecule has 0 aromatic carbocycles. The normalized spacial score (nSPS) is 14.9. The Balaban J connectivity index is 1.71. The Kier molecular flexibility index (Phi) is 4.96. The maximum atomic E-state index is 11.5. The predicted octanol–water partition coefficient (Wildman–Crippen LogP) is 1.61. The minimum absolute atomic E-state index is 0.0851. The van der Waals surface area contributed by atoms with Crippen LogP contribution in [0.25, 0.3) is 0 Å². The first kappa shape index (κ1) is 14.1. The third-order valence-electron chi connectivity index (χ3n) is 3.51. The Morgan fingerprint density at radius 1 is 1.47 bits per heavy atom. The van der Waals surface area contributed by atoms with Gasteiger partial charge in [0, 0.05) is 18.8 Å². The molecule has 5 nitrogen and oxygen atoms in total. The maximum absolute atomic E-state index is 11.5. The molecule has 0 radical (unpaired) electrons. The van der Waals surface area contributed by atoms with Crippen molar-refractivity contribution in [2.24, 2.45) is 0 Å². The molecular formula is C14H24N4O. The molecule has 19 heavy (non-hydrogen) atoms. The van der Waals surface area contributed by atoms with Crippen molar-refractivity contribution in [1.29, 1.82) is 0 Å². The Morgan fingerprint density at radius 3 is 2.84 bits per heavy atom. The van der Waals surface area contributed by atoms with E-state index in [2.05, 4.69) is 29.6 Å². The first-order valence-corrected chi connectivity index (χ1v) is 7.27. The molecule has 1 saturated carbocycles. The molecule has 1 aliphatic carbocycles. The van der Waals surface area contributed by atoms with Crippen molar-refractivity contribution in [3.63, 3.8) is 0 Å². The molecule has 0 spiro atoms. The summed E-state index contributed by atoms with van der Waals surface area (Å²) in [5.41, 5.74) is 0.992. The van der Waals surface area contributed by atoms with Crippen molar-refractivity contribution in [3.8, 4) is 0 Å². The molecule has 0 atom stereocenters. The number of hydrogen-bond donors (Lipinski definition) is 2. The van der Waals surface area contributed by atoms with Crippen molar-refractivity contribution < 1.29 is 4.79 Å². The lowest BCUT2D eigenvalue weighted by molar-refractivity contribution is -0.120. The first-order valence-electron chi connectivity index (χ1n) is 7.27. The van der Waals surface area contributed by atoms with Gasteiger partial charge in [-0.25, -0.2) is 0 Å². The van der Waals surface area contributed by atoms with Crippen LogP contribution in [-0.4, -0.2) is 28.3 Å². The summed E-state index contributed by atoms with van der Waals surface area (Å²) < 4.78 is 2.03. The quantitative estimate of drug-likeness (QED) is 0.750. The molecule has 5 heteroatoms. The van der Waals surface area contributed by atoms with E-state index < -0.39 is 0 Å². The number of carbonyl (C=O) groups excluding carboxylic acids is 1. The van der Waals surface area contributed by atoms with Gasteiger partial charge in [0.25, 0.3) is 0 Å². The average Bonchev–Trinajstić information content (AvgIpc) is 3.08. The van der Waals surface area contributed by atoms with E-state index in [1.807, 2.05) is 16.9 Å². The highest BCUT2D eigenvalue weighted by Gasteiger charge is 2.22. The van der Waals surface area contributed by atoms with Gasteiger partial charge in [-0.1, -0.05) is 13.8 Å². The monoisotopic (exact) mass is 264 g/mol. The van der Waals surface area contributed by atoms with E-state index in [0.717, 1.165) is 31.4 Å². The highest BCUT2D eigenvalue weighted by atomic mass is 16.2. The van der Waals surface area contributed by atoms with Crippen LogP contribution in [0.4, 0.5) is 0 Å². The van der Waals surface area contributed by atoms with Crippen molar-refractivity contribution >= 4 is 5.91 Å². The Hall–Kier alpha value is -1.36. The number of nitrogens with zero attached hydrogens (tertiary/aromatic N) is 2. The average molecular weight is 264 g/mol. The van der Waals surface area contributed by atoms with E-state index in [9.17, 15) is 4.79 Å². The molecule has 1 heterocycles. The molecule has 1 aromatic rings. The molecule has 2 N–H and O–H groups in total. The first-order chi connectivity index (χ1) is 9.22. The number of amides is 1. The Morgan fingerprint density at radius 2 is 2.21 bits per heavy atom. The topological polar surface area (TPSA) is 59.0 Å². The van der Waals surface area contributed by atoms with Crippen LogP contribution in [0.5, 0.6) is 0 Å². The number of aromatic nitrogens is 2. The smallest absolute Gasteiger partial charge is 0.234 e. The molecule has 1 fully saturated rings. The predicted molar refractivity (Wildman–Crippen MR) is 74.7 cm³/mol. The molecule has 1 amide bonds. The molecule has 0 unspecified atom stereocenters. The van der Waals surface area contributed by atoms with Crippen molar-refractivity contribution in [3.05, 3.63) is 18.0 Å². The zero-order valence-corrected chi connectivity index (χ0v) is 11.9. The lowest BCUT2D eigenvalue weighted by Gasteiger charge is -2.12. The molecule has 0 aliphatic heterocycles. The van der Waals surface area contributed by atoms with Crippen LogP contribution < -0.4 is 10.6 Å². The van der Waals surface area contributed by atoms with Gasteiger partial charge in [-0.15, -0.1) is 0 Å². The molecule has 0 bridgehead atoms. The van der Waals surface area contributed by atoms with Gasteiger partial charge in [0.1, 0.15) is 0 Å². The third-order valence-corrected chi connectivity index (χ3v) is 3.51. The lowest BCUT2D eigenvalue weighted by Crippen LogP contribution is -2.34. The SMILES string of the molecule is CCC(CC)n1ccc(CNCC(=O)NC2CC2)n1. The van der Waals surface area contributed by atoms with Crippen LogP contribution >= 0.6 is 0 Å².